The number of carbonyl (C=O) groups is 1. The first-order valence-electron chi connectivity index (χ1n) is 5.64. The molecule has 1 fully saturated rings. The Kier molecular flexibility index (Phi) is 3.61. The zero-order valence-corrected chi connectivity index (χ0v) is 9.85. The van der Waals surface area contributed by atoms with Crippen LogP contribution in [0.2, 0.25) is 0 Å². The van der Waals surface area contributed by atoms with Crippen LogP contribution in [0.5, 0.6) is 5.75 Å². The maximum Gasteiger partial charge on any atom is 0.236 e. The van der Waals surface area contributed by atoms with E-state index in [1.54, 1.807) is 7.11 Å². The molecule has 0 bridgehead atoms. The van der Waals surface area contributed by atoms with Crippen molar-refractivity contribution in [2.45, 2.75) is 12.5 Å². The largest absolute Gasteiger partial charge is 0.497 e. The average Bonchev–Trinajstić information content (AvgIpc) is 2.71. The van der Waals surface area contributed by atoms with Crippen LogP contribution >= 0.6 is 0 Å². The van der Waals surface area contributed by atoms with E-state index in [0.29, 0.717) is 19.5 Å². The van der Waals surface area contributed by atoms with Gasteiger partial charge in [-0.2, -0.15) is 0 Å². The van der Waals surface area contributed by atoms with Gasteiger partial charge < -0.3 is 10.5 Å². The molecule has 1 heterocycles. The molecule has 1 aromatic carbocycles. The number of methoxy groups -OCH3 is 1. The molecule has 5 heteroatoms. The standard InChI is InChI=1S/C12H17N3O2/c1-17-10-4-2-3-9(7-10)11-8-12(16)14-15(11)6-5-13/h2-4,7,11H,5-6,8,13H2,1H3,(H,14,16). The summed E-state index contributed by atoms with van der Waals surface area (Å²) < 4.78 is 5.19. The average molecular weight is 235 g/mol. The van der Waals surface area contributed by atoms with Gasteiger partial charge in [0.15, 0.2) is 0 Å². The van der Waals surface area contributed by atoms with Crippen molar-refractivity contribution >= 4 is 5.91 Å². The van der Waals surface area contributed by atoms with Gasteiger partial charge in [-0.1, -0.05) is 12.1 Å². The molecule has 1 amide bonds. The summed E-state index contributed by atoms with van der Waals surface area (Å²) in [5, 5.41) is 1.89. The van der Waals surface area contributed by atoms with E-state index >= 15 is 0 Å². The minimum Gasteiger partial charge on any atom is -0.497 e. The van der Waals surface area contributed by atoms with E-state index in [0.717, 1.165) is 11.3 Å². The van der Waals surface area contributed by atoms with Crippen LogP contribution in [0.1, 0.15) is 18.0 Å². The van der Waals surface area contributed by atoms with Crippen LogP contribution in [-0.2, 0) is 4.79 Å². The molecule has 0 radical (unpaired) electrons. The number of rotatable bonds is 4. The van der Waals surface area contributed by atoms with Crippen molar-refractivity contribution in [3.05, 3.63) is 29.8 Å². The van der Waals surface area contributed by atoms with Crippen LogP contribution < -0.4 is 15.9 Å². The fraction of sp³-hybridized carbons (Fsp3) is 0.417. The number of hydrazine groups is 1. The highest BCUT2D eigenvalue weighted by Crippen LogP contribution is 2.29. The van der Waals surface area contributed by atoms with Crippen LogP contribution in [0, 0.1) is 0 Å². The normalized spacial score (nSPS) is 20.4. The zero-order chi connectivity index (χ0) is 12.3. The van der Waals surface area contributed by atoms with Gasteiger partial charge in [0, 0.05) is 19.5 Å². The van der Waals surface area contributed by atoms with Crippen molar-refractivity contribution in [1.29, 1.82) is 0 Å². The first-order valence-corrected chi connectivity index (χ1v) is 5.64. The predicted molar refractivity (Wildman–Crippen MR) is 64.3 cm³/mol. The fourth-order valence-electron chi connectivity index (χ4n) is 2.07. The first-order chi connectivity index (χ1) is 8.24. The van der Waals surface area contributed by atoms with Crippen LogP contribution in [0.4, 0.5) is 0 Å². The van der Waals surface area contributed by atoms with E-state index in [4.69, 9.17) is 10.5 Å². The lowest BCUT2D eigenvalue weighted by atomic mass is 10.0. The number of ether oxygens (including phenoxy) is 1. The summed E-state index contributed by atoms with van der Waals surface area (Å²) >= 11 is 0. The van der Waals surface area contributed by atoms with Crippen molar-refractivity contribution in [1.82, 2.24) is 10.4 Å². The van der Waals surface area contributed by atoms with Crippen molar-refractivity contribution in [3.8, 4) is 5.75 Å². The third-order valence-corrected chi connectivity index (χ3v) is 2.87. The molecule has 0 aliphatic carbocycles. The number of nitrogens with zero attached hydrogens (tertiary/aromatic N) is 1. The summed E-state index contributed by atoms with van der Waals surface area (Å²) in [7, 11) is 1.63. The molecule has 1 aliphatic rings. The van der Waals surface area contributed by atoms with Crippen molar-refractivity contribution in [2.24, 2.45) is 5.73 Å². The Balaban J connectivity index is 2.21. The van der Waals surface area contributed by atoms with Gasteiger partial charge in [0.1, 0.15) is 5.75 Å². The number of benzene rings is 1. The molecular weight excluding hydrogens is 218 g/mol. The molecule has 2 rings (SSSR count). The third kappa shape index (κ3) is 2.57. The van der Waals surface area contributed by atoms with E-state index in [2.05, 4.69) is 5.43 Å². The fourth-order valence-corrected chi connectivity index (χ4v) is 2.07. The lowest BCUT2D eigenvalue weighted by Gasteiger charge is -2.23. The minimum absolute atomic E-state index is 0.0336. The van der Waals surface area contributed by atoms with Crippen LogP contribution in [0.25, 0.3) is 0 Å². The van der Waals surface area contributed by atoms with E-state index < -0.39 is 0 Å². The highest BCUT2D eigenvalue weighted by Gasteiger charge is 2.30. The summed E-state index contributed by atoms with van der Waals surface area (Å²) in [6.07, 6.45) is 0.465. The van der Waals surface area contributed by atoms with E-state index in [1.165, 1.54) is 0 Å². The molecule has 1 atom stereocenters. The number of hydrogen-bond donors (Lipinski definition) is 2. The maximum atomic E-state index is 11.4. The van der Waals surface area contributed by atoms with Crippen molar-refractivity contribution in [2.75, 3.05) is 20.2 Å². The topological polar surface area (TPSA) is 67.6 Å². The lowest BCUT2D eigenvalue weighted by molar-refractivity contribution is -0.120. The van der Waals surface area contributed by atoms with E-state index in [-0.39, 0.29) is 11.9 Å². The molecule has 3 N–H and O–H groups in total. The van der Waals surface area contributed by atoms with Gasteiger partial charge in [0.2, 0.25) is 5.91 Å². The van der Waals surface area contributed by atoms with Crippen LogP contribution in [0.15, 0.2) is 24.3 Å². The van der Waals surface area contributed by atoms with Gasteiger partial charge in [-0.15, -0.1) is 0 Å². The molecule has 1 aromatic rings. The van der Waals surface area contributed by atoms with E-state index in [9.17, 15) is 4.79 Å². The Morgan fingerprint density at radius 1 is 1.59 bits per heavy atom. The molecule has 5 nitrogen and oxygen atoms in total. The first kappa shape index (κ1) is 11.9. The Labute approximate surface area is 101 Å². The SMILES string of the molecule is COc1cccc(C2CC(=O)NN2CCN)c1. The lowest BCUT2D eigenvalue weighted by Crippen LogP contribution is -2.38. The molecule has 0 aromatic heterocycles. The summed E-state index contributed by atoms with van der Waals surface area (Å²) in [6, 6.07) is 7.81. The van der Waals surface area contributed by atoms with Crippen LogP contribution in [-0.4, -0.2) is 31.1 Å². The van der Waals surface area contributed by atoms with Gasteiger partial charge >= 0.3 is 0 Å². The zero-order valence-electron chi connectivity index (χ0n) is 9.85. The molecule has 1 unspecified atom stereocenters. The predicted octanol–water partition coefficient (Wildman–Crippen LogP) is 0.432. The molecular formula is C12H17N3O2. The minimum atomic E-state index is 0.0336. The highest BCUT2D eigenvalue weighted by atomic mass is 16.5. The molecule has 92 valence electrons. The molecule has 0 spiro atoms. The number of hydrogen-bond acceptors (Lipinski definition) is 4. The summed E-state index contributed by atoms with van der Waals surface area (Å²) in [4.78, 5) is 11.4. The second kappa shape index (κ2) is 5.16. The summed E-state index contributed by atoms with van der Waals surface area (Å²) in [5.41, 5.74) is 9.41. The van der Waals surface area contributed by atoms with E-state index in [1.807, 2.05) is 29.3 Å². The van der Waals surface area contributed by atoms with Gasteiger partial charge in [0.25, 0.3) is 0 Å². The Morgan fingerprint density at radius 2 is 2.41 bits per heavy atom. The summed E-state index contributed by atoms with van der Waals surface area (Å²) in [5.74, 6) is 0.834. The second-order valence-electron chi connectivity index (χ2n) is 4.01. The monoisotopic (exact) mass is 235 g/mol. The second-order valence-corrected chi connectivity index (χ2v) is 4.01. The quantitative estimate of drug-likeness (QED) is 0.794. The molecule has 1 aliphatic heterocycles. The van der Waals surface area contributed by atoms with Gasteiger partial charge in [-0.05, 0) is 17.7 Å². The van der Waals surface area contributed by atoms with Crippen molar-refractivity contribution in [3.63, 3.8) is 0 Å². The van der Waals surface area contributed by atoms with Crippen molar-refractivity contribution < 1.29 is 9.53 Å². The molecule has 1 saturated heterocycles. The van der Waals surface area contributed by atoms with Gasteiger partial charge in [-0.25, -0.2) is 5.01 Å². The number of nitrogens with two attached hydrogens (primary N) is 1. The Hall–Kier alpha value is -1.59. The maximum absolute atomic E-state index is 11.4. The third-order valence-electron chi connectivity index (χ3n) is 2.87. The number of carbonyl (C=O) groups excluding carboxylic acids is 1. The highest BCUT2D eigenvalue weighted by molar-refractivity contribution is 5.78. The van der Waals surface area contributed by atoms with Crippen LogP contribution in [0.3, 0.4) is 0 Å². The Bertz CT molecular complexity index is 408. The van der Waals surface area contributed by atoms with Gasteiger partial charge in [0.05, 0.1) is 13.2 Å². The number of amides is 1. The molecule has 0 saturated carbocycles. The molecule has 17 heavy (non-hydrogen) atoms. The Morgan fingerprint density at radius 3 is 3.12 bits per heavy atom. The van der Waals surface area contributed by atoms with Gasteiger partial charge in [-0.3, -0.25) is 10.2 Å². The smallest absolute Gasteiger partial charge is 0.236 e. The number of nitrogens with one attached hydrogen (secondary N) is 1. The summed E-state index contributed by atoms with van der Waals surface area (Å²) in [6.45, 7) is 1.16.